The third kappa shape index (κ3) is 3.54. The number of carbonyl (C=O) groups is 1. The maximum absolute atomic E-state index is 13.1. The van der Waals surface area contributed by atoms with Gasteiger partial charge in [0.25, 0.3) is 10.0 Å². The first-order valence-corrected chi connectivity index (χ1v) is 9.76. The minimum Gasteiger partial charge on any atom is -0.481 e. The molecule has 0 saturated carbocycles. The van der Waals surface area contributed by atoms with E-state index >= 15 is 0 Å². The number of hydrogen-bond acceptors (Lipinski definition) is 3. The van der Waals surface area contributed by atoms with Crippen molar-refractivity contribution in [3.05, 3.63) is 59.7 Å². The van der Waals surface area contributed by atoms with E-state index in [9.17, 15) is 13.2 Å². The van der Waals surface area contributed by atoms with Crippen LogP contribution in [-0.2, 0) is 21.2 Å². The third-order valence-electron chi connectivity index (χ3n) is 4.64. The second-order valence-corrected chi connectivity index (χ2v) is 8.23. The van der Waals surface area contributed by atoms with Crippen molar-refractivity contribution in [2.45, 2.75) is 37.0 Å². The first-order chi connectivity index (χ1) is 11.9. The van der Waals surface area contributed by atoms with Gasteiger partial charge in [-0.1, -0.05) is 37.3 Å². The molecule has 2 aromatic carbocycles. The number of para-hydroxylation sites is 1. The van der Waals surface area contributed by atoms with Crippen molar-refractivity contribution in [1.82, 2.24) is 0 Å². The lowest BCUT2D eigenvalue weighted by Gasteiger charge is -2.33. The number of carboxylic acids is 1. The molecule has 0 aromatic heterocycles. The molecule has 1 aliphatic rings. The predicted octanol–water partition coefficient (Wildman–Crippen LogP) is 3.41. The Bertz CT molecular complexity index is 875. The minimum absolute atomic E-state index is 0.0312. The number of nitrogens with zero attached hydrogens (tertiary/aromatic N) is 1. The molecule has 0 radical (unpaired) electrons. The van der Waals surface area contributed by atoms with Crippen LogP contribution in [0, 0.1) is 0 Å². The Balaban J connectivity index is 1.89. The lowest BCUT2D eigenvalue weighted by Crippen LogP contribution is -2.36. The first kappa shape index (κ1) is 17.5. The van der Waals surface area contributed by atoms with Gasteiger partial charge in [-0.05, 0) is 48.1 Å². The molecule has 1 aliphatic heterocycles. The Kier molecular flexibility index (Phi) is 4.81. The molecule has 3 rings (SSSR count). The average Bonchev–Trinajstić information content (AvgIpc) is 2.60. The Morgan fingerprint density at radius 2 is 1.84 bits per heavy atom. The van der Waals surface area contributed by atoms with E-state index in [1.54, 1.807) is 24.3 Å². The summed E-state index contributed by atoms with van der Waals surface area (Å²) in [6, 6.07) is 14.1. The van der Waals surface area contributed by atoms with Crippen LogP contribution >= 0.6 is 0 Å². The van der Waals surface area contributed by atoms with Crippen LogP contribution in [0.1, 0.15) is 36.8 Å². The van der Waals surface area contributed by atoms with Crippen molar-refractivity contribution >= 4 is 21.7 Å². The number of sulfonamides is 1. The van der Waals surface area contributed by atoms with Crippen molar-refractivity contribution in [2.24, 2.45) is 0 Å². The lowest BCUT2D eigenvalue weighted by molar-refractivity contribution is -0.136. The summed E-state index contributed by atoms with van der Waals surface area (Å²) in [6.07, 6.45) is 1.20. The van der Waals surface area contributed by atoms with Gasteiger partial charge in [0.2, 0.25) is 0 Å². The van der Waals surface area contributed by atoms with E-state index in [0.717, 1.165) is 23.2 Å². The monoisotopic (exact) mass is 359 g/mol. The molecule has 1 heterocycles. The van der Waals surface area contributed by atoms with E-state index in [1.807, 2.05) is 24.3 Å². The number of aliphatic carboxylic acids is 1. The van der Waals surface area contributed by atoms with Crippen LogP contribution in [-0.4, -0.2) is 26.0 Å². The van der Waals surface area contributed by atoms with Crippen molar-refractivity contribution in [3.63, 3.8) is 0 Å². The molecular formula is C19H21NO4S. The fourth-order valence-electron chi connectivity index (χ4n) is 3.17. The second-order valence-electron chi connectivity index (χ2n) is 6.36. The predicted molar refractivity (Wildman–Crippen MR) is 96.4 cm³/mol. The maximum atomic E-state index is 13.1. The fraction of sp³-hybridized carbons (Fsp3) is 0.316. The van der Waals surface area contributed by atoms with Gasteiger partial charge in [0.05, 0.1) is 10.6 Å². The average molecular weight is 359 g/mol. The maximum Gasteiger partial charge on any atom is 0.303 e. The van der Waals surface area contributed by atoms with Crippen LogP contribution in [0.3, 0.4) is 0 Å². The summed E-state index contributed by atoms with van der Waals surface area (Å²) in [5, 5.41) is 8.74. The van der Waals surface area contributed by atoms with Crippen LogP contribution < -0.4 is 4.31 Å². The zero-order valence-electron chi connectivity index (χ0n) is 14.1. The number of benzene rings is 2. The number of fused-ring (bicyclic) bond motifs is 1. The van der Waals surface area contributed by atoms with Gasteiger partial charge in [-0.3, -0.25) is 9.10 Å². The van der Waals surface area contributed by atoms with E-state index in [1.165, 1.54) is 4.31 Å². The van der Waals surface area contributed by atoms with Crippen molar-refractivity contribution < 1.29 is 18.3 Å². The summed E-state index contributed by atoms with van der Waals surface area (Å²) < 4.78 is 27.6. The molecule has 1 atom stereocenters. The molecular weight excluding hydrogens is 338 g/mol. The van der Waals surface area contributed by atoms with Crippen molar-refractivity contribution in [3.8, 4) is 0 Å². The van der Waals surface area contributed by atoms with Gasteiger partial charge in [-0.25, -0.2) is 8.42 Å². The van der Waals surface area contributed by atoms with Gasteiger partial charge >= 0.3 is 5.97 Å². The molecule has 0 aliphatic carbocycles. The Labute approximate surface area is 148 Å². The standard InChI is InChI=1S/C19H21NO4S/c1-14-12-13-20(18-5-3-2-4-17(14)18)25(23,24)16-9-6-15(7-10-16)8-11-19(21)22/h2-7,9-10,14H,8,11-13H2,1H3,(H,21,22)/t14-/m0/s1. The molecule has 5 nitrogen and oxygen atoms in total. The highest BCUT2D eigenvalue weighted by Crippen LogP contribution is 2.37. The van der Waals surface area contributed by atoms with E-state index in [4.69, 9.17) is 5.11 Å². The van der Waals surface area contributed by atoms with E-state index < -0.39 is 16.0 Å². The molecule has 25 heavy (non-hydrogen) atoms. The molecule has 0 unspecified atom stereocenters. The van der Waals surface area contributed by atoms with Crippen LogP contribution in [0.4, 0.5) is 5.69 Å². The largest absolute Gasteiger partial charge is 0.481 e. The summed E-state index contributed by atoms with van der Waals surface area (Å²) >= 11 is 0. The molecule has 0 bridgehead atoms. The van der Waals surface area contributed by atoms with Gasteiger partial charge in [0, 0.05) is 13.0 Å². The Morgan fingerprint density at radius 3 is 2.52 bits per heavy atom. The summed E-state index contributed by atoms with van der Waals surface area (Å²) in [7, 11) is -3.63. The first-order valence-electron chi connectivity index (χ1n) is 8.32. The minimum atomic E-state index is -3.63. The molecule has 6 heteroatoms. The second kappa shape index (κ2) is 6.88. The fourth-order valence-corrected chi connectivity index (χ4v) is 4.68. The SMILES string of the molecule is C[C@H]1CCN(S(=O)(=O)c2ccc(CCC(=O)O)cc2)c2ccccc21. The smallest absolute Gasteiger partial charge is 0.303 e. The number of aryl methyl sites for hydroxylation is 1. The van der Waals surface area contributed by atoms with Gasteiger partial charge in [-0.2, -0.15) is 0 Å². The van der Waals surface area contributed by atoms with Crippen LogP contribution in [0.2, 0.25) is 0 Å². The van der Waals surface area contributed by atoms with Crippen molar-refractivity contribution in [2.75, 3.05) is 10.8 Å². The van der Waals surface area contributed by atoms with Gasteiger partial charge in [0.15, 0.2) is 0 Å². The van der Waals surface area contributed by atoms with Gasteiger partial charge < -0.3 is 5.11 Å². The Morgan fingerprint density at radius 1 is 1.16 bits per heavy atom. The molecule has 1 N–H and O–H groups in total. The molecule has 2 aromatic rings. The van der Waals surface area contributed by atoms with Crippen LogP contribution in [0.25, 0.3) is 0 Å². The number of anilines is 1. The molecule has 0 saturated heterocycles. The number of carboxylic acid groups (broad SMARTS) is 1. The van der Waals surface area contributed by atoms with Crippen LogP contribution in [0.15, 0.2) is 53.4 Å². The topological polar surface area (TPSA) is 74.7 Å². The van der Waals surface area contributed by atoms with Gasteiger partial charge in [0.1, 0.15) is 0 Å². The summed E-state index contributed by atoms with van der Waals surface area (Å²) in [5.41, 5.74) is 2.61. The molecule has 0 amide bonds. The number of hydrogen-bond donors (Lipinski definition) is 1. The van der Waals surface area contributed by atoms with E-state index in [2.05, 4.69) is 6.92 Å². The van der Waals surface area contributed by atoms with Crippen LogP contribution in [0.5, 0.6) is 0 Å². The highest BCUT2D eigenvalue weighted by Gasteiger charge is 2.31. The third-order valence-corrected chi connectivity index (χ3v) is 6.47. The quantitative estimate of drug-likeness (QED) is 0.888. The molecule has 0 spiro atoms. The lowest BCUT2D eigenvalue weighted by atomic mass is 9.93. The Hall–Kier alpha value is -2.34. The summed E-state index contributed by atoms with van der Waals surface area (Å²) in [5.74, 6) is -0.531. The van der Waals surface area contributed by atoms with E-state index in [-0.39, 0.29) is 11.3 Å². The van der Waals surface area contributed by atoms with E-state index in [0.29, 0.717) is 18.9 Å². The highest BCUT2D eigenvalue weighted by molar-refractivity contribution is 7.92. The highest BCUT2D eigenvalue weighted by atomic mass is 32.2. The summed E-state index contributed by atoms with van der Waals surface area (Å²) in [4.78, 5) is 10.9. The number of rotatable bonds is 5. The van der Waals surface area contributed by atoms with Crippen molar-refractivity contribution in [1.29, 1.82) is 0 Å². The normalized spacial score (nSPS) is 17.2. The van der Waals surface area contributed by atoms with Gasteiger partial charge in [-0.15, -0.1) is 0 Å². The zero-order chi connectivity index (χ0) is 18.0. The molecule has 0 fully saturated rings. The zero-order valence-corrected chi connectivity index (χ0v) is 14.9. The molecule has 132 valence electrons. The summed E-state index contributed by atoms with van der Waals surface area (Å²) in [6.45, 7) is 2.57.